The van der Waals surface area contributed by atoms with Gasteiger partial charge in [0.25, 0.3) is 0 Å². The van der Waals surface area contributed by atoms with Crippen molar-refractivity contribution in [1.29, 1.82) is 0 Å². The lowest BCUT2D eigenvalue weighted by molar-refractivity contribution is -0.133. The number of rotatable bonds is 10. The Kier molecular flexibility index (Phi) is 8.44. The van der Waals surface area contributed by atoms with Crippen LogP contribution in [-0.2, 0) is 20.8 Å². The van der Waals surface area contributed by atoms with Crippen LogP contribution < -0.4 is 10.2 Å². The van der Waals surface area contributed by atoms with Crippen LogP contribution in [0.25, 0.3) is 0 Å². The fourth-order valence-corrected chi connectivity index (χ4v) is 2.78. The first-order valence-corrected chi connectivity index (χ1v) is 8.16. The normalized spacial score (nSPS) is 11.1. The summed E-state index contributed by atoms with van der Waals surface area (Å²) in [6.07, 6.45) is -0.234. The molecule has 0 spiro atoms. The molecule has 0 saturated carbocycles. The molecule has 0 fully saturated rings. The van der Waals surface area contributed by atoms with Gasteiger partial charge in [-0.05, 0) is 20.8 Å². The first-order valence-electron chi connectivity index (χ1n) is 7.28. The van der Waals surface area contributed by atoms with E-state index in [0.29, 0.717) is 32.8 Å². The predicted molar refractivity (Wildman–Crippen MR) is 84.6 cm³/mol. The van der Waals surface area contributed by atoms with E-state index in [2.05, 4.69) is 10.3 Å². The number of carbonyl (C=O) groups is 1. The van der Waals surface area contributed by atoms with Crippen LogP contribution in [-0.4, -0.2) is 43.5 Å². The minimum absolute atomic E-state index is 0.0131. The molecule has 0 atom stereocenters. The van der Waals surface area contributed by atoms with Crippen molar-refractivity contribution in [3.8, 4) is 0 Å². The molecule has 0 radical (unpaired) electrons. The number of carbonyl (C=O) groups excluding carboxylic acids is 1. The average molecular weight is 315 g/mol. The highest BCUT2D eigenvalue weighted by Gasteiger charge is 2.13. The van der Waals surface area contributed by atoms with Gasteiger partial charge in [0.05, 0.1) is 5.69 Å². The van der Waals surface area contributed by atoms with Crippen LogP contribution in [0.15, 0.2) is 5.38 Å². The third kappa shape index (κ3) is 6.09. The van der Waals surface area contributed by atoms with Crippen LogP contribution in [0.5, 0.6) is 0 Å². The topological polar surface area (TPSA) is 63.7 Å². The number of aromatic nitrogens is 1. The number of thiazole rings is 1. The molecule has 1 aromatic heterocycles. The summed E-state index contributed by atoms with van der Waals surface area (Å²) in [5.41, 5.74) is 0.918. The Balaban J connectivity index is 2.45. The Morgan fingerprint density at radius 2 is 2.05 bits per heavy atom. The number of hydrogen-bond acceptors (Lipinski definition) is 6. The average Bonchev–Trinajstić information content (AvgIpc) is 2.88. The van der Waals surface area contributed by atoms with Gasteiger partial charge in [-0.15, -0.1) is 11.3 Å². The van der Waals surface area contributed by atoms with E-state index in [1.807, 2.05) is 26.2 Å². The van der Waals surface area contributed by atoms with Gasteiger partial charge in [-0.25, -0.2) is 4.98 Å². The monoisotopic (exact) mass is 315 g/mol. The molecule has 0 unspecified atom stereocenters. The smallest absolute Gasteiger partial charge is 0.225 e. The van der Waals surface area contributed by atoms with E-state index in [0.717, 1.165) is 10.8 Å². The molecule has 0 aliphatic heterocycles. The molecule has 0 aromatic carbocycles. The zero-order valence-electron chi connectivity index (χ0n) is 13.2. The summed E-state index contributed by atoms with van der Waals surface area (Å²) >= 11 is 1.48. The molecule has 0 bridgehead atoms. The van der Waals surface area contributed by atoms with Crippen molar-refractivity contribution in [2.24, 2.45) is 0 Å². The van der Waals surface area contributed by atoms with Gasteiger partial charge in [-0.3, -0.25) is 9.69 Å². The number of hydrogen-bond donors (Lipinski definition) is 1. The fraction of sp³-hybridized carbons (Fsp3) is 0.714. The predicted octanol–water partition coefficient (Wildman–Crippen LogP) is 2.00. The Bertz CT molecular complexity index is 419. The molecule has 1 amide bonds. The van der Waals surface area contributed by atoms with E-state index in [9.17, 15) is 4.79 Å². The van der Waals surface area contributed by atoms with E-state index < -0.39 is 0 Å². The molecule has 0 aliphatic carbocycles. The molecule has 0 aliphatic rings. The summed E-state index contributed by atoms with van der Waals surface area (Å²) in [4.78, 5) is 17.6. The molecule has 21 heavy (non-hydrogen) atoms. The van der Waals surface area contributed by atoms with Gasteiger partial charge >= 0.3 is 0 Å². The zero-order chi connectivity index (χ0) is 15.7. The lowest BCUT2D eigenvalue weighted by Gasteiger charge is -2.17. The van der Waals surface area contributed by atoms with Crippen molar-refractivity contribution in [1.82, 2.24) is 10.3 Å². The van der Waals surface area contributed by atoms with Crippen molar-refractivity contribution in [3.05, 3.63) is 11.1 Å². The summed E-state index contributed by atoms with van der Waals surface area (Å²) in [6, 6.07) is 0. The summed E-state index contributed by atoms with van der Waals surface area (Å²) in [5, 5.41) is 5.97. The van der Waals surface area contributed by atoms with Gasteiger partial charge in [-0.1, -0.05) is 0 Å². The minimum atomic E-state index is -0.234. The van der Waals surface area contributed by atoms with Crippen LogP contribution in [0.1, 0.15) is 33.4 Å². The lowest BCUT2D eigenvalue weighted by Crippen LogP contribution is -2.31. The molecular formula is C14H25N3O3S. The van der Waals surface area contributed by atoms with Gasteiger partial charge in [0.2, 0.25) is 5.91 Å². The van der Waals surface area contributed by atoms with Crippen molar-refractivity contribution >= 4 is 22.4 Å². The Hall–Kier alpha value is -1.02. The van der Waals surface area contributed by atoms with Crippen LogP contribution in [0.3, 0.4) is 0 Å². The lowest BCUT2D eigenvalue weighted by atomic mass is 10.4. The molecule has 1 heterocycles. The maximum atomic E-state index is 11.5. The highest BCUT2D eigenvalue weighted by Crippen LogP contribution is 2.20. The standard InChI is InChI=1S/C14H25N3O3S/c1-5-17(11(4)18)14-16-12(10-21-14)8-15-9-13(19-6-2)20-7-3/h10,13,15H,5-9H2,1-4H3. The molecular weight excluding hydrogens is 290 g/mol. The second-order valence-corrected chi connectivity index (χ2v) is 5.19. The SMILES string of the molecule is CCOC(CNCc1csc(N(CC)C(C)=O)n1)OCC. The van der Waals surface area contributed by atoms with Gasteiger partial charge in [0, 0.05) is 45.2 Å². The van der Waals surface area contributed by atoms with E-state index in [-0.39, 0.29) is 12.2 Å². The summed E-state index contributed by atoms with van der Waals surface area (Å²) < 4.78 is 10.9. The summed E-state index contributed by atoms with van der Waals surface area (Å²) in [7, 11) is 0. The molecule has 6 nitrogen and oxygen atoms in total. The van der Waals surface area contributed by atoms with E-state index in [1.54, 1.807) is 11.8 Å². The summed E-state index contributed by atoms with van der Waals surface area (Å²) in [5.74, 6) is 0.0131. The molecule has 1 rings (SSSR count). The number of nitrogens with zero attached hydrogens (tertiary/aromatic N) is 2. The van der Waals surface area contributed by atoms with Gasteiger partial charge in [0.15, 0.2) is 11.4 Å². The summed E-state index contributed by atoms with van der Waals surface area (Å²) in [6.45, 7) is 10.5. The third-order valence-electron chi connectivity index (χ3n) is 2.79. The second-order valence-electron chi connectivity index (χ2n) is 4.36. The van der Waals surface area contributed by atoms with Crippen molar-refractivity contribution < 1.29 is 14.3 Å². The first-order chi connectivity index (χ1) is 10.1. The fourth-order valence-electron chi connectivity index (χ4n) is 1.85. The molecule has 1 N–H and O–H groups in total. The first kappa shape index (κ1) is 18.0. The van der Waals surface area contributed by atoms with E-state index in [1.165, 1.54) is 11.3 Å². The van der Waals surface area contributed by atoms with Gasteiger partial charge in [0.1, 0.15) is 0 Å². The number of anilines is 1. The number of nitrogens with one attached hydrogen (secondary N) is 1. The maximum absolute atomic E-state index is 11.5. The second kappa shape index (κ2) is 9.83. The van der Waals surface area contributed by atoms with E-state index >= 15 is 0 Å². The Morgan fingerprint density at radius 1 is 1.38 bits per heavy atom. The molecule has 0 saturated heterocycles. The van der Waals surface area contributed by atoms with Crippen LogP contribution in [0, 0.1) is 0 Å². The maximum Gasteiger partial charge on any atom is 0.225 e. The Morgan fingerprint density at radius 3 is 2.57 bits per heavy atom. The third-order valence-corrected chi connectivity index (χ3v) is 3.70. The highest BCUT2D eigenvalue weighted by molar-refractivity contribution is 7.14. The van der Waals surface area contributed by atoms with Crippen LogP contribution >= 0.6 is 11.3 Å². The number of amides is 1. The Labute approximate surface area is 130 Å². The molecule has 1 aromatic rings. The van der Waals surface area contributed by atoms with E-state index in [4.69, 9.17) is 9.47 Å². The van der Waals surface area contributed by atoms with Crippen LogP contribution in [0.2, 0.25) is 0 Å². The largest absolute Gasteiger partial charge is 0.352 e. The molecule has 120 valence electrons. The van der Waals surface area contributed by atoms with Crippen LogP contribution in [0.4, 0.5) is 5.13 Å². The van der Waals surface area contributed by atoms with Crippen molar-refractivity contribution in [2.45, 2.75) is 40.5 Å². The van der Waals surface area contributed by atoms with Gasteiger partial charge < -0.3 is 14.8 Å². The minimum Gasteiger partial charge on any atom is -0.352 e. The number of ether oxygens (including phenoxy) is 2. The highest BCUT2D eigenvalue weighted by atomic mass is 32.1. The van der Waals surface area contributed by atoms with Crippen molar-refractivity contribution in [3.63, 3.8) is 0 Å². The zero-order valence-corrected chi connectivity index (χ0v) is 14.0. The molecule has 7 heteroatoms. The quantitative estimate of drug-likeness (QED) is 0.669. The van der Waals surface area contributed by atoms with Crippen molar-refractivity contribution in [2.75, 3.05) is 31.2 Å². The van der Waals surface area contributed by atoms with Gasteiger partial charge in [-0.2, -0.15) is 0 Å².